The van der Waals surface area contributed by atoms with Crippen molar-refractivity contribution in [2.75, 3.05) is 33.9 Å². The molecule has 1 aliphatic heterocycles. The Bertz CT molecular complexity index is 482. The van der Waals surface area contributed by atoms with Crippen LogP contribution in [0.25, 0.3) is 0 Å². The third kappa shape index (κ3) is 4.75. The summed E-state index contributed by atoms with van der Waals surface area (Å²) in [7, 11) is 3.24. The predicted octanol–water partition coefficient (Wildman–Crippen LogP) is 2.27. The summed E-state index contributed by atoms with van der Waals surface area (Å²) in [5.41, 5.74) is 0.824. The standard InChI is InChI=1S/C17H26N2O3.ClH/c1-4-10-19(13-8-9-18-12-13)17(20)11-14-15(21-2)6-5-7-16(14)22-3;/h5-7,13,18H,4,8-12H2,1-3H3;1H. The molecule has 2 rings (SSSR count). The zero-order valence-corrected chi connectivity index (χ0v) is 14.9. The first-order valence-corrected chi connectivity index (χ1v) is 7.91. The van der Waals surface area contributed by atoms with Gasteiger partial charge in [0.05, 0.1) is 20.6 Å². The van der Waals surface area contributed by atoms with E-state index in [1.54, 1.807) is 14.2 Å². The number of carbonyl (C=O) groups excluding carboxylic acids is 1. The molecule has 6 heteroatoms. The Balaban J connectivity index is 0.00000264. The molecule has 0 radical (unpaired) electrons. The van der Waals surface area contributed by atoms with Gasteiger partial charge in [0.15, 0.2) is 0 Å². The molecule has 23 heavy (non-hydrogen) atoms. The van der Waals surface area contributed by atoms with Crippen LogP contribution in [0.1, 0.15) is 25.3 Å². The number of hydrogen-bond acceptors (Lipinski definition) is 4. The Hall–Kier alpha value is -1.46. The van der Waals surface area contributed by atoms with E-state index >= 15 is 0 Å². The summed E-state index contributed by atoms with van der Waals surface area (Å²) < 4.78 is 10.8. The van der Waals surface area contributed by atoms with Gasteiger partial charge < -0.3 is 19.7 Å². The first kappa shape index (κ1) is 19.6. The number of methoxy groups -OCH3 is 2. The van der Waals surface area contributed by atoms with Crippen LogP contribution in [0.15, 0.2) is 18.2 Å². The van der Waals surface area contributed by atoms with Gasteiger partial charge in [-0.25, -0.2) is 0 Å². The molecule has 5 nitrogen and oxygen atoms in total. The third-order valence-corrected chi connectivity index (χ3v) is 4.12. The van der Waals surface area contributed by atoms with E-state index in [1.807, 2.05) is 23.1 Å². The third-order valence-electron chi connectivity index (χ3n) is 4.12. The van der Waals surface area contributed by atoms with Crippen molar-refractivity contribution in [1.29, 1.82) is 0 Å². The Labute approximate surface area is 144 Å². The number of halogens is 1. The zero-order chi connectivity index (χ0) is 15.9. The summed E-state index contributed by atoms with van der Waals surface area (Å²) in [4.78, 5) is 14.8. The van der Waals surface area contributed by atoms with Gasteiger partial charge in [0.2, 0.25) is 5.91 Å². The van der Waals surface area contributed by atoms with E-state index < -0.39 is 0 Å². The molecular weight excluding hydrogens is 316 g/mol. The second kappa shape index (κ2) is 9.63. The molecule has 1 aromatic carbocycles. The Kier molecular flexibility index (Phi) is 8.20. The van der Waals surface area contributed by atoms with Crippen LogP contribution < -0.4 is 14.8 Å². The van der Waals surface area contributed by atoms with Crippen molar-refractivity contribution in [1.82, 2.24) is 10.2 Å². The molecule has 1 atom stereocenters. The Morgan fingerprint density at radius 3 is 2.43 bits per heavy atom. The average Bonchev–Trinajstić information content (AvgIpc) is 3.06. The van der Waals surface area contributed by atoms with Crippen molar-refractivity contribution in [2.45, 2.75) is 32.2 Å². The SMILES string of the molecule is CCCN(C(=O)Cc1c(OC)cccc1OC)C1CCNC1.Cl. The fourth-order valence-corrected chi connectivity index (χ4v) is 3.01. The van der Waals surface area contributed by atoms with Crippen LogP contribution >= 0.6 is 12.4 Å². The molecule has 1 aliphatic rings. The van der Waals surface area contributed by atoms with Crippen LogP contribution in [0.4, 0.5) is 0 Å². The molecule has 1 N–H and O–H groups in total. The van der Waals surface area contributed by atoms with Gasteiger partial charge in [-0.05, 0) is 31.5 Å². The van der Waals surface area contributed by atoms with Gasteiger partial charge in [-0.2, -0.15) is 0 Å². The number of hydrogen-bond donors (Lipinski definition) is 1. The second-order valence-electron chi connectivity index (χ2n) is 5.55. The lowest BCUT2D eigenvalue weighted by Gasteiger charge is -2.28. The molecule has 0 aliphatic carbocycles. The van der Waals surface area contributed by atoms with Gasteiger partial charge in [-0.15, -0.1) is 12.4 Å². The molecule has 1 unspecified atom stereocenters. The number of ether oxygens (including phenoxy) is 2. The molecule has 0 saturated carbocycles. The van der Waals surface area contributed by atoms with Crippen molar-refractivity contribution in [2.24, 2.45) is 0 Å². The molecule has 1 heterocycles. The average molecular weight is 343 g/mol. The normalized spacial score (nSPS) is 16.6. The van der Waals surface area contributed by atoms with Gasteiger partial charge in [0, 0.05) is 24.7 Å². The highest BCUT2D eigenvalue weighted by Crippen LogP contribution is 2.29. The quantitative estimate of drug-likeness (QED) is 0.826. The van der Waals surface area contributed by atoms with E-state index in [0.29, 0.717) is 24.0 Å². The summed E-state index contributed by atoms with van der Waals surface area (Å²) in [5.74, 6) is 1.54. The van der Waals surface area contributed by atoms with E-state index in [1.165, 1.54) is 0 Å². The number of nitrogens with one attached hydrogen (secondary N) is 1. The number of carbonyl (C=O) groups is 1. The van der Waals surface area contributed by atoms with Crippen LogP contribution in [0.3, 0.4) is 0 Å². The van der Waals surface area contributed by atoms with Crippen molar-refractivity contribution < 1.29 is 14.3 Å². The van der Waals surface area contributed by atoms with E-state index in [9.17, 15) is 4.79 Å². The van der Waals surface area contributed by atoms with Gasteiger partial charge >= 0.3 is 0 Å². The molecular formula is C17H27ClN2O3. The molecule has 1 saturated heterocycles. The molecule has 0 bridgehead atoms. The number of nitrogens with zero attached hydrogens (tertiary/aromatic N) is 1. The van der Waals surface area contributed by atoms with Gasteiger partial charge in [0.1, 0.15) is 11.5 Å². The highest BCUT2D eigenvalue weighted by molar-refractivity contribution is 5.85. The number of amides is 1. The topological polar surface area (TPSA) is 50.8 Å². The van der Waals surface area contributed by atoms with Crippen LogP contribution in [0.5, 0.6) is 11.5 Å². The zero-order valence-electron chi connectivity index (χ0n) is 14.1. The maximum Gasteiger partial charge on any atom is 0.227 e. The fraction of sp³-hybridized carbons (Fsp3) is 0.588. The van der Waals surface area contributed by atoms with Crippen molar-refractivity contribution >= 4 is 18.3 Å². The van der Waals surface area contributed by atoms with E-state index in [2.05, 4.69) is 12.2 Å². The minimum atomic E-state index is 0. The first-order chi connectivity index (χ1) is 10.7. The van der Waals surface area contributed by atoms with E-state index in [0.717, 1.165) is 38.0 Å². The summed E-state index contributed by atoms with van der Waals surface area (Å²) in [5, 5.41) is 3.33. The largest absolute Gasteiger partial charge is 0.496 e. The Morgan fingerprint density at radius 1 is 1.30 bits per heavy atom. The molecule has 0 spiro atoms. The molecule has 1 amide bonds. The maximum absolute atomic E-state index is 12.8. The monoisotopic (exact) mass is 342 g/mol. The smallest absolute Gasteiger partial charge is 0.227 e. The number of rotatable bonds is 7. The lowest BCUT2D eigenvalue weighted by molar-refractivity contribution is -0.132. The lowest BCUT2D eigenvalue weighted by Crippen LogP contribution is -2.42. The van der Waals surface area contributed by atoms with Crippen molar-refractivity contribution in [3.63, 3.8) is 0 Å². The molecule has 1 aromatic rings. The van der Waals surface area contributed by atoms with E-state index in [-0.39, 0.29) is 18.3 Å². The Morgan fingerprint density at radius 2 is 1.96 bits per heavy atom. The van der Waals surface area contributed by atoms with Gasteiger partial charge in [-0.3, -0.25) is 4.79 Å². The second-order valence-corrected chi connectivity index (χ2v) is 5.55. The molecule has 130 valence electrons. The van der Waals surface area contributed by atoms with Crippen LogP contribution in [-0.4, -0.2) is 50.7 Å². The van der Waals surface area contributed by atoms with Crippen molar-refractivity contribution in [3.8, 4) is 11.5 Å². The van der Waals surface area contributed by atoms with Crippen LogP contribution in [-0.2, 0) is 11.2 Å². The summed E-state index contributed by atoms with van der Waals surface area (Å²) >= 11 is 0. The maximum atomic E-state index is 12.8. The molecule has 0 aromatic heterocycles. The predicted molar refractivity (Wildman–Crippen MR) is 93.8 cm³/mol. The lowest BCUT2D eigenvalue weighted by atomic mass is 10.1. The minimum Gasteiger partial charge on any atom is -0.496 e. The highest BCUT2D eigenvalue weighted by atomic mass is 35.5. The fourth-order valence-electron chi connectivity index (χ4n) is 3.01. The summed E-state index contributed by atoms with van der Waals surface area (Å²) in [6.07, 6.45) is 2.30. The molecule has 1 fully saturated rings. The summed E-state index contributed by atoms with van der Waals surface area (Å²) in [6, 6.07) is 5.91. The van der Waals surface area contributed by atoms with Crippen molar-refractivity contribution in [3.05, 3.63) is 23.8 Å². The highest BCUT2D eigenvalue weighted by Gasteiger charge is 2.27. The summed E-state index contributed by atoms with van der Waals surface area (Å²) in [6.45, 7) is 4.76. The van der Waals surface area contributed by atoms with Gasteiger partial charge in [-0.1, -0.05) is 13.0 Å². The van der Waals surface area contributed by atoms with E-state index in [4.69, 9.17) is 9.47 Å². The van der Waals surface area contributed by atoms with Crippen LogP contribution in [0, 0.1) is 0 Å². The minimum absolute atomic E-state index is 0. The van der Waals surface area contributed by atoms with Gasteiger partial charge in [0.25, 0.3) is 0 Å². The number of benzene rings is 1. The first-order valence-electron chi connectivity index (χ1n) is 7.91. The van der Waals surface area contributed by atoms with Crippen LogP contribution in [0.2, 0.25) is 0 Å².